The second kappa shape index (κ2) is 6.91. The smallest absolute Gasteiger partial charge is 0.0754 e. The normalized spacial score (nSPS) is 20.5. The van der Waals surface area contributed by atoms with E-state index in [0.29, 0.717) is 0 Å². The maximum atomic E-state index is 5.46. The molecule has 0 atom stereocenters. The van der Waals surface area contributed by atoms with Crippen LogP contribution in [0.2, 0.25) is 0 Å². The number of morpholine rings is 1. The standard InChI is InChI=1S/C17H24N2O/c1-3-7-16(8-4-1)19(17-9-5-2-6-10-17)15-18-11-13-20-14-12-18/h1,3-4,7-9H,2,5-6,10-15H2. The molecule has 1 fully saturated rings. The van der Waals surface area contributed by atoms with Gasteiger partial charge in [0, 0.05) is 24.5 Å². The summed E-state index contributed by atoms with van der Waals surface area (Å²) in [6, 6.07) is 10.8. The molecule has 3 heteroatoms. The highest BCUT2D eigenvalue weighted by Gasteiger charge is 2.19. The average Bonchev–Trinajstić information content (AvgIpc) is 2.55. The SMILES string of the molecule is C1=C(N(CN2CCOCC2)c2ccccc2)CCCC1. The Morgan fingerprint density at radius 2 is 1.85 bits per heavy atom. The number of allylic oxidation sites excluding steroid dienone is 2. The molecule has 1 aromatic carbocycles. The highest BCUT2D eigenvalue weighted by atomic mass is 16.5. The van der Waals surface area contributed by atoms with Crippen molar-refractivity contribution in [1.29, 1.82) is 0 Å². The molecule has 1 aromatic rings. The van der Waals surface area contributed by atoms with Crippen molar-refractivity contribution < 1.29 is 4.74 Å². The molecule has 2 aliphatic rings. The molecule has 0 radical (unpaired) electrons. The lowest BCUT2D eigenvalue weighted by Gasteiger charge is -2.36. The van der Waals surface area contributed by atoms with Crippen molar-refractivity contribution in [2.75, 3.05) is 37.9 Å². The van der Waals surface area contributed by atoms with Gasteiger partial charge >= 0.3 is 0 Å². The number of nitrogens with zero attached hydrogens (tertiary/aromatic N) is 2. The van der Waals surface area contributed by atoms with Gasteiger partial charge in [0.2, 0.25) is 0 Å². The molecular weight excluding hydrogens is 248 g/mol. The summed E-state index contributed by atoms with van der Waals surface area (Å²) < 4.78 is 5.46. The fourth-order valence-electron chi connectivity index (χ4n) is 2.96. The number of para-hydroxylation sites is 1. The molecule has 1 saturated heterocycles. The van der Waals surface area contributed by atoms with E-state index in [-0.39, 0.29) is 0 Å². The lowest BCUT2D eigenvalue weighted by molar-refractivity contribution is 0.0386. The summed E-state index contributed by atoms with van der Waals surface area (Å²) in [5.74, 6) is 0. The zero-order valence-electron chi connectivity index (χ0n) is 12.1. The van der Waals surface area contributed by atoms with Gasteiger partial charge in [-0.3, -0.25) is 4.90 Å². The summed E-state index contributed by atoms with van der Waals surface area (Å²) in [5.41, 5.74) is 2.81. The molecule has 20 heavy (non-hydrogen) atoms. The molecule has 108 valence electrons. The van der Waals surface area contributed by atoms with Crippen LogP contribution in [-0.2, 0) is 4.74 Å². The Kier molecular flexibility index (Phi) is 4.72. The number of hydrogen-bond donors (Lipinski definition) is 0. The highest BCUT2D eigenvalue weighted by molar-refractivity contribution is 5.51. The predicted octanol–water partition coefficient (Wildman–Crippen LogP) is 3.24. The van der Waals surface area contributed by atoms with E-state index < -0.39 is 0 Å². The first kappa shape index (κ1) is 13.7. The Balaban J connectivity index is 1.77. The van der Waals surface area contributed by atoms with Gasteiger partial charge in [-0.25, -0.2) is 0 Å². The lowest BCUT2D eigenvalue weighted by Crippen LogP contribution is -2.44. The third-order valence-corrected chi connectivity index (χ3v) is 4.13. The Morgan fingerprint density at radius 3 is 2.55 bits per heavy atom. The third kappa shape index (κ3) is 3.41. The Morgan fingerprint density at radius 1 is 1.05 bits per heavy atom. The van der Waals surface area contributed by atoms with Gasteiger partial charge in [-0.05, 0) is 37.8 Å². The summed E-state index contributed by atoms with van der Waals surface area (Å²) in [4.78, 5) is 4.98. The summed E-state index contributed by atoms with van der Waals surface area (Å²) >= 11 is 0. The number of anilines is 1. The number of benzene rings is 1. The minimum atomic E-state index is 0.863. The first-order valence-electron chi connectivity index (χ1n) is 7.75. The molecule has 3 rings (SSSR count). The first-order chi connectivity index (χ1) is 9.93. The van der Waals surface area contributed by atoms with E-state index >= 15 is 0 Å². The molecule has 1 aliphatic carbocycles. The molecule has 1 heterocycles. The summed E-state index contributed by atoms with van der Waals surface area (Å²) in [6.45, 7) is 4.79. The van der Waals surface area contributed by atoms with Crippen molar-refractivity contribution in [2.45, 2.75) is 25.7 Å². The molecule has 3 nitrogen and oxygen atoms in total. The van der Waals surface area contributed by atoms with Crippen molar-refractivity contribution in [3.8, 4) is 0 Å². The predicted molar refractivity (Wildman–Crippen MR) is 82.7 cm³/mol. The largest absolute Gasteiger partial charge is 0.379 e. The lowest BCUT2D eigenvalue weighted by atomic mass is 10.0. The minimum absolute atomic E-state index is 0.863. The van der Waals surface area contributed by atoms with Gasteiger partial charge in [0.15, 0.2) is 0 Å². The molecule has 0 unspecified atom stereocenters. The molecule has 0 bridgehead atoms. The Labute approximate surface area is 121 Å². The van der Waals surface area contributed by atoms with Crippen LogP contribution in [0.15, 0.2) is 42.1 Å². The van der Waals surface area contributed by atoms with Crippen LogP contribution in [-0.4, -0.2) is 37.9 Å². The molecule has 0 saturated carbocycles. The van der Waals surface area contributed by atoms with Crippen LogP contribution >= 0.6 is 0 Å². The van der Waals surface area contributed by atoms with E-state index in [4.69, 9.17) is 4.74 Å². The van der Waals surface area contributed by atoms with Crippen molar-refractivity contribution >= 4 is 5.69 Å². The molecule has 0 N–H and O–H groups in total. The van der Waals surface area contributed by atoms with E-state index in [1.165, 1.54) is 37.1 Å². The van der Waals surface area contributed by atoms with Crippen LogP contribution in [0, 0.1) is 0 Å². The highest BCUT2D eigenvalue weighted by Crippen LogP contribution is 2.26. The van der Waals surface area contributed by atoms with Crippen LogP contribution in [0.5, 0.6) is 0 Å². The zero-order chi connectivity index (χ0) is 13.6. The monoisotopic (exact) mass is 272 g/mol. The van der Waals surface area contributed by atoms with Crippen molar-refractivity contribution in [3.63, 3.8) is 0 Å². The fraction of sp³-hybridized carbons (Fsp3) is 0.529. The van der Waals surface area contributed by atoms with E-state index in [1.54, 1.807) is 0 Å². The zero-order valence-corrected chi connectivity index (χ0v) is 12.1. The number of ether oxygens (including phenoxy) is 1. The van der Waals surface area contributed by atoms with Gasteiger partial charge in [-0.1, -0.05) is 24.3 Å². The molecule has 0 spiro atoms. The first-order valence-corrected chi connectivity index (χ1v) is 7.75. The van der Waals surface area contributed by atoms with Crippen LogP contribution in [0.3, 0.4) is 0 Å². The van der Waals surface area contributed by atoms with E-state index in [2.05, 4.69) is 46.2 Å². The second-order valence-corrected chi connectivity index (χ2v) is 5.58. The minimum Gasteiger partial charge on any atom is -0.379 e. The maximum Gasteiger partial charge on any atom is 0.0754 e. The van der Waals surface area contributed by atoms with Gasteiger partial charge < -0.3 is 9.64 Å². The van der Waals surface area contributed by atoms with Crippen LogP contribution < -0.4 is 4.90 Å². The van der Waals surface area contributed by atoms with Crippen LogP contribution in [0.25, 0.3) is 0 Å². The maximum absolute atomic E-state index is 5.46. The van der Waals surface area contributed by atoms with Crippen molar-refractivity contribution in [1.82, 2.24) is 4.90 Å². The Hall–Kier alpha value is -1.32. The van der Waals surface area contributed by atoms with Crippen molar-refractivity contribution in [3.05, 3.63) is 42.1 Å². The molecule has 0 amide bonds. The van der Waals surface area contributed by atoms with Crippen LogP contribution in [0.1, 0.15) is 25.7 Å². The topological polar surface area (TPSA) is 15.7 Å². The molecule has 0 aromatic heterocycles. The van der Waals surface area contributed by atoms with E-state index in [0.717, 1.165) is 33.0 Å². The summed E-state index contributed by atoms with van der Waals surface area (Å²) in [7, 11) is 0. The fourth-order valence-corrected chi connectivity index (χ4v) is 2.96. The van der Waals surface area contributed by atoms with E-state index in [9.17, 15) is 0 Å². The molecular formula is C17H24N2O. The van der Waals surface area contributed by atoms with Gasteiger partial charge in [0.1, 0.15) is 0 Å². The average molecular weight is 272 g/mol. The van der Waals surface area contributed by atoms with Gasteiger partial charge in [0.05, 0.1) is 19.9 Å². The van der Waals surface area contributed by atoms with Gasteiger partial charge in [-0.15, -0.1) is 0 Å². The second-order valence-electron chi connectivity index (χ2n) is 5.58. The van der Waals surface area contributed by atoms with Gasteiger partial charge in [0.25, 0.3) is 0 Å². The number of rotatable bonds is 4. The van der Waals surface area contributed by atoms with Crippen molar-refractivity contribution in [2.24, 2.45) is 0 Å². The third-order valence-electron chi connectivity index (χ3n) is 4.13. The quantitative estimate of drug-likeness (QED) is 0.837. The number of hydrogen-bond acceptors (Lipinski definition) is 3. The summed E-state index contributed by atoms with van der Waals surface area (Å²) in [5, 5.41) is 0. The van der Waals surface area contributed by atoms with E-state index in [1.807, 2.05) is 0 Å². The molecule has 1 aliphatic heterocycles. The summed E-state index contributed by atoms with van der Waals surface area (Å²) in [6.07, 6.45) is 7.51. The Bertz CT molecular complexity index is 438. The van der Waals surface area contributed by atoms with Gasteiger partial charge in [-0.2, -0.15) is 0 Å². The van der Waals surface area contributed by atoms with Crippen LogP contribution in [0.4, 0.5) is 5.69 Å².